The van der Waals surface area contributed by atoms with Crippen molar-refractivity contribution >= 4 is 0 Å². The first-order valence-electron chi connectivity index (χ1n) is 5.27. The standard InChI is InChI=1S/C12H12F2N2O/c1-2-16-7-8(6-15-16)12(17)11-9(13)4-3-5-10(11)14/h3-7,12,17H,2H2,1H3. The number of hydrogen-bond donors (Lipinski definition) is 1. The van der Waals surface area contributed by atoms with Crippen molar-refractivity contribution in [1.82, 2.24) is 9.78 Å². The molecular formula is C12H12F2N2O. The van der Waals surface area contributed by atoms with Gasteiger partial charge in [-0.3, -0.25) is 4.68 Å². The van der Waals surface area contributed by atoms with Crippen LogP contribution in [0, 0.1) is 11.6 Å². The summed E-state index contributed by atoms with van der Waals surface area (Å²) in [5.41, 5.74) is 0.0269. The molecule has 0 radical (unpaired) electrons. The van der Waals surface area contributed by atoms with Gasteiger partial charge in [0, 0.05) is 18.3 Å². The van der Waals surface area contributed by atoms with Gasteiger partial charge in [0.2, 0.25) is 0 Å². The van der Waals surface area contributed by atoms with E-state index in [1.165, 1.54) is 12.3 Å². The van der Waals surface area contributed by atoms with Gasteiger partial charge in [0.1, 0.15) is 17.7 Å². The molecule has 2 aromatic rings. The van der Waals surface area contributed by atoms with Crippen molar-refractivity contribution in [2.45, 2.75) is 19.6 Å². The van der Waals surface area contributed by atoms with Crippen LogP contribution in [0.3, 0.4) is 0 Å². The zero-order valence-corrected chi connectivity index (χ0v) is 9.27. The lowest BCUT2D eigenvalue weighted by molar-refractivity contribution is 0.209. The summed E-state index contributed by atoms with van der Waals surface area (Å²) in [7, 11) is 0. The van der Waals surface area contributed by atoms with E-state index in [4.69, 9.17) is 0 Å². The molecule has 2 rings (SSSR count). The van der Waals surface area contributed by atoms with Crippen LogP contribution in [0.15, 0.2) is 30.6 Å². The Morgan fingerprint density at radius 1 is 1.35 bits per heavy atom. The molecule has 1 heterocycles. The van der Waals surface area contributed by atoms with E-state index in [9.17, 15) is 13.9 Å². The third kappa shape index (κ3) is 2.19. The van der Waals surface area contributed by atoms with Gasteiger partial charge in [-0.2, -0.15) is 5.10 Å². The van der Waals surface area contributed by atoms with Crippen LogP contribution in [-0.4, -0.2) is 14.9 Å². The van der Waals surface area contributed by atoms with Gasteiger partial charge in [-0.1, -0.05) is 6.07 Å². The Bertz CT molecular complexity index is 505. The molecule has 1 atom stereocenters. The van der Waals surface area contributed by atoms with Crippen LogP contribution in [0.25, 0.3) is 0 Å². The lowest BCUT2D eigenvalue weighted by atomic mass is 10.0. The van der Waals surface area contributed by atoms with Gasteiger partial charge in [-0.05, 0) is 19.1 Å². The molecule has 0 bridgehead atoms. The molecule has 90 valence electrons. The molecule has 0 aliphatic heterocycles. The van der Waals surface area contributed by atoms with Crippen LogP contribution in [0.4, 0.5) is 8.78 Å². The highest BCUT2D eigenvalue weighted by Crippen LogP contribution is 2.26. The van der Waals surface area contributed by atoms with Gasteiger partial charge >= 0.3 is 0 Å². The van der Waals surface area contributed by atoms with Gasteiger partial charge in [-0.15, -0.1) is 0 Å². The maximum absolute atomic E-state index is 13.4. The van der Waals surface area contributed by atoms with E-state index < -0.39 is 17.7 Å². The fraction of sp³-hybridized carbons (Fsp3) is 0.250. The Kier molecular flexibility index (Phi) is 3.19. The number of aliphatic hydroxyl groups excluding tert-OH is 1. The van der Waals surface area contributed by atoms with Crippen LogP contribution in [0.1, 0.15) is 24.2 Å². The number of rotatable bonds is 3. The van der Waals surface area contributed by atoms with Crippen LogP contribution in [-0.2, 0) is 6.54 Å². The predicted molar refractivity (Wildman–Crippen MR) is 58.3 cm³/mol. The van der Waals surface area contributed by atoms with Crippen LogP contribution in [0.2, 0.25) is 0 Å². The topological polar surface area (TPSA) is 38.0 Å². The predicted octanol–water partition coefficient (Wildman–Crippen LogP) is 2.26. The second-order valence-corrected chi connectivity index (χ2v) is 3.67. The third-order valence-electron chi connectivity index (χ3n) is 2.57. The molecule has 1 unspecified atom stereocenters. The molecule has 1 aromatic carbocycles. The molecule has 1 aromatic heterocycles. The van der Waals surface area contributed by atoms with Gasteiger partial charge in [-0.25, -0.2) is 8.78 Å². The van der Waals surface area contributed by atoms with Crippen molar-refractivity contribution in [2.75, 3.05) is 0 Å². The summed E-state index contributed by atoms with van der Waals surface area (Å²) >= 11 is 0. The Hall–Kier alpha value is -1.75. The fourth-order valence-electron chi connectivity index (χ4n) is 1.63. The minimum atomic E-state index is -1.34. The Labute approximate surface area is 97.3 Å². The summed E-state index contributed by atoms with van der Waals surface area (Å²) in [5.74, 6) is -1.52. The first kappa shape index (κ1) is 11.7. The molecule has 0 fully saturated rings. The third-order valence-corrected chi connectivity index (χ3v) is 2.57. The Balaban J connectivity index is 2.39. The number of nitrogens with zero attached hydrogens (tertiary/aromatic N) is 2. The van der Waals surface area contributed by atoms with Crippen molar-refractivity contribution in [3.05, 3.63) is 53.4 Å². The minimum absolute atomic E-state index is 0.344. The van der Waals surface area contributed by atoms with E-state index in [1.54, 1.807) is 10.9 Å². The first-order chi connectivity index (χ1) is 8.13. The number of halogens is 2. The van der Waals surface area contributed by atoms with Crippen molar-refractivity contribution in [3.8, 4) is 0 Å². The summed E-state index contributed by atoms with van der Waals surface area (Å²) in [4.78, 5) is 0. The largest absolute Gasteiger partial charge is 0.383 e. The molecule has 0 amide bonds. The molecule has 17 heavy (non-hydrogen) atoms. The number of aromatic nitrogens is 2. The van der Waals surface area contributed by atoms with Gasteiger partial charge in [0.15, 0.2) is 0 Å². The molecule has 5 heteroatoms. The minimum Gasteiger partial charge on any atom is -0.383 e. The SMILES string of the molecule is CCn1cc(C(O)c2c(F)cccc2F)cn1. The molecule has 0 aliphatic carbocycles. The van der Waals surface area contributed by atoms with E-state index in [0.717, 1.165) is 12.1 Å². The van der Waals surface area contributed by atoms with E-state index in [1.807, 2.05) is 6.92 Å². The van der Waals surface area contributed by atoms with E-state index in [0.29, 0.717) is 12.1 Å². The van der Waals surface area contributed by atoms with Crippen LogP contribution in [0.5, 0.6) is 0 Å². The van der Waals surface area contributed by atoms with E-state index in [-0.39, 0.29) is 5.56 Å². The molecule has 0 saturated heterocycles. The molecule has 1 N–H and O–H groups in total. The highest BCUT2D eigenvalue weighted by atomic mass is 19.1. The lowest BCUT2D eigenvalue weighted by Gasteiger charge is -2.10. The summed E-state index contributed by atoms with van der Waals surface area (Å²) in [6.45, 7) is 2.51. The molecular weight excluding hydrogens is 226 g/mol. The second-order valence-electron chi connectivity index (χ2n) is 3.67. The van der Waals surface area contributed by atoms with Gasteiger partial charge in [0.05, 0.1) is 11.8 Å². The lowest BCUT2D eigenvalue weighted by Crippen LogP contribution is -2.05. The van der Waals surface area contributed by atoms with Gasteiger partial charge < -0.3 is 5.11 Å². The number of hydrogen-bond acceptors (Lipinski definition) is 2. The zero-order valence-electron chi connectivity index (χ0n) is 9.27. The van der Waals surface area contributed by atoms with Gasteiger partial charge in [0.25, 0.3) is 0 Å². The van der Waals surface area contributed by atoms with Crippen molar-refractivity contribution in [2.24, 2.45) is 0 Å². The number of aliphatic hydroxyl groups is 1. The van der Waals surface area contributed by atoms with E-state index in [2.05, 4.69) is 5.10 Å². The number of aryl methyl sites for hydroxylation is 1. The Morgan fingerprint density at radius 2 is 2.00 bits per heavy atom. The summed E-state index contributed by atoms with van der Waals surface area (Å²) in [6, 6.07) is 3.49. The van der Waals surface area contributed by atoms with Crippen molar-refractivity contribution in [3.63, 3.8) is 0 Å². The average Bonchev–Trinajstić information content (AvgIpc) is 2.77. The van der Waals surface area contributed by atoms with Crippen LogP contribution < -0.4 is 0 Å². The summed E-state index contributed by atoms with van der Waals surface area (Å²) < 4.78 is 28.5. The van der Waals surface area contributed by atoms with Crippen molar-refractivity contribution < 1.29 is 13.9 Å². The fourth-order valence-corrected chi connectivity index (χ4v) is 1.63. The van der Waals surface area contributed by atoms with Crippen molar-refractivity contribution in [1.29, 1.82) is 0 Å². The summed E-state index contributed by atoms with van der Waals surface area (Å²) in [5, 5.41) is 13.9. The quantitative estimate of drug-likeness (QED) is 0.890. The van der Waals surface area contributed by atoms with Crippen LogP contribution >= 0.6 is 0 Å². The van der Waals surface area contributed by atoms with E-state index >= 15 is 0 Å². The summed E-state index contributed by atoms with van der Waals surface area (Å²) in [6.07, 6.45) is 1.63. The Morgan fingerprint density at radius 3 is 2.53 bits per heavy atom. The monoisotopic (exact) mass is 238 g/mol. The second kappa shape index (κ2) is 4.63. The highest BCUT2D eigenvalue weighted by molar-refractivity contribution is 5.29. The molecule has 0 spiro atoms. The number of benzene rings is 1. The maximum atomic E-state index is 13.4. The highest BCUT2D eigenvalue weighted by Gasteiger charge is 2.20. The average molecular weight is 238 g/mol. The normalized spacial score (nSPS) is 12.7. The zero-order chi connectivity index (χ0) is 12.4. The smallest absolute Gasteiger partial charge is 0.132 e. The molecule has 0 aliphatic rings. The molecule has 3 nitrogen and oxygen atoms in total. The first-order valence-corrected chi connectivity index (χ1v) is 5.27. The maximum Gasteiger partial charge on any atom is 0.132 e. The molecule has 0 saturated carbocycles.